The Morgan fingerprint density at radius 3 is 2.57 bits per heavy atom. The van der Waals surface area contributed by atoms with Crippen molar-refractivity contribution in [1.29, 1.82) is 0 Å². The van der Waals surface area contributed by atoms with E-state index in [1.165, 1.54) is 7.11 Å². The Kier molecular flexibility index (Phi) is 7.42. The maximum Gasteiger partial charge on any atom is 0.305 e. The van der Waals surface area contributed by atoms with Gasteiger partial charge in [-0.1, -0.05) is 6.92 Å². The van der Waals surface area contributed by atoms with Crippen LogP contribution in [0.5, 0.6) is 0 Å². The number of carbonyl (C=O) groups is 1. The third-order valence-electron chi connectivity index (χ3n) is 2.04. The molecule has 0 unspecified atom stereocenters. The molecule has 0 aliphatic rings. The second kappa shape index (κ2) is 7.76. The van der Waals surface area contributed by atoms with E-state index in [0.29, 0.717) is 12.3 Å². The zero-order chi connectivity index (χ0) is 11.0. The van der Waals surface area contributed by atoms with Crippen molar-refractivity contribution in [3.63, 3.8) is 0 Å². The summed E-state index contributed by atoms with van der Waals surface area (Å²) >= 11 is 0. The average molecular weight is 203 g/mol. The molecule has 14 heavy (non-hydrogen) atoms. The molecule has 0 aromatic rings. The Labute approximate surface area is 86.2 Å². The number of carbonyl (C=O) groups excluding carboxylic acids is 1. The van der Waals surface area contributed by atoms with E-state index in [2.05, 4.69) is 9.64 Å². The van der Waals surface area contributed by atoms with Crippen LogP contribution in [0.3, 0.4) is 0 Å². The lowest BCUT2D eigenvalue weighted by atomic mass is 10.1. The van der Waals surface area contributed by atoms with E-state index in [9.17, 15) is 4.79 Å². The molecule has 84 valence electrons. The van der Waals surface area contributed by atoms with Crippen LogP contribution in [0.15, 0.2) is 0 Å². The second-order valence-corrected chi connectivity index (χ2v) is 3.64. The van der Waals surface area contributed by atoms with Gasteiger partial charge in [0.1, 0.15) is 0 Å². The largest absolute Gasteiger partial charge is 0.469 e. The molecule has 0 bridgehead atoms. The fourth-order valence-corrected chi connectivity index (χ4v) is 1.30. The van der Waals surface area contributed by atoms with Crippen LogP contribution in [-0.4, -0.2) is 51.8 Å². The number of hydrogen-bond donors (Lipinski definition) is 0. The first-order chi connectivity index (χ1) is 6.60. The number of esters is 1. The molecule has 0 aliphatic heterocycles. The van der Waals surface area contributed by atoms with Crippen LogP contribution >= 0.6 is 0 Å². The molecule has 0 fully saturated rings. The van der Waals surface area contributed by atoms with Gasteiger partial charge in [-0.25, -0.2) is 0 Å². The highest BCUT2D eigenvalue weighted by Crippen LogP contribution is 2.04. The Morgan fingerprint density at radius 2 is 2.07 bits per heavy atom. The van der Waals surface area contributed by atoms with Gasteiger partial charge in [-0.2, -0.15) is 0 Å². The van der Waals surface area contributed by atoms with Crippen molar-refractivity contribution >= 4 is 5.97 Å². The number of rotatable bonds is 7. The van der Waals surface area contributed by atoms with Crippen molar-refractivity contribution in [1.82, 2.24) is 4.90 Å². The van der Waals surface area contributed by atoms with Crippen molar-refractivity contribution < 1.29 is 14.3 Å². The Bertz CT molecular complexity index is 161. The molecule has 0 spiro atoms. The van der Waals surface area contributed by atoms with Crippen LogP contribution in [0.1, 0.15) is 13.3 Å². The minimum absolute atomic E-state index is 0.141. The van der Waals surface area contributed by atoms with Crippen LogP contribution in [0.4, 0.5) is 0 Å². The topological polar surface area (TPSA) is 38.8 Å². The number of ether oxygens (including phenoxy) is 2. The molecule has 0 amide bonds. The molecule has 0 saturated carbocycles. The van der Waals surface area contributed by atoms with Crippen molar-refractivity contribution in [3.05, 3.63) is 0 Å². The molecule has 0 aliphatic carbocycles. The first-order valence-corrected chi connectivity index (χ1v) is 4.84. The molecule has 0 aromatic heterocycles. The van der Waals surface area contributed by atoms with Crippen LogP contribution in [0.2, 0.25) is 0 Å². The highest BCUT2D eigenvalue weighted by molar-refractivity contribution is 5.69. The van der Waals surface area contributed by atoms with Gasteiger partial charge in [-0.05, 0) is 13.0 Å². The standard InChI is InChI=1S/C10H21NO3/c1-9(7-10(12)14-4)8-11(2)5-6-13-3/h9H,5-8H2,1-4H3/t9-/m0/s1. The molecule has 4 nitrogen and oxygen atoms in total. The lowest BCUT2D eigenvalue weighted by Crippen LogP contribution is -2.28. The number of nitrogens with zero attached hydrogens (tertiary/aromatic N) is 1. The fourth-order valence-electron chi connectivity index (χ4n) is 1.30. The molecule has 0 N–H and O–H groups in total. The van der Waals surface area contributed by atoms with Crippen LogP contribution in [-0.2, 0) is 14.3 Å². The van der Waals surface area contributed by atoms with Gasteiger partial charge < -0.3 is 14.4 Å². The van der Waals surface area contributed by atoms with Crippen molar-refractivity contribution in [3.8, 4) is 0 Å². The highest BCUT2D eigenvalue weighted by atomic mass is 16.5. The molecule has 0 aromatic carbocycles. The molecule has 0 rings (SSSR count). The van der Waals surface area contributed by atoms with Gasteiger partial charge in [0.05, 0.1) is 13.7 Å². The summed E-state index contributed by atoms with van der Waals surface area (Å²) in [5.74, 6) is 0.182. The summed E-state index contributed by atoms with van der Waals surface area (Å²) in [5, 5.41) is 0. The van der Waals surface area contributed by atoms with Gasteiger partial charge in [-0.15, -0.1) is 0 Å². The van der Waals surface area contributed by atoms with E-state index >= 15 is 0 Å². The monoisotopic (exact) mass is 203 g/mol. The van der Waals surface area contributed by atoms with E-state index in [1.54, 1.807) is 7.11 Å². The van der Waals surface area contributed by atoms with E-state index in [-0.39, 0.29) is 5.97 Å². The third kappa shape index (κ3) is 6.86. The van der Waals surface area contributed by atoms with Crippen LogP contribution < -0.4 is 0 Å². The normalized spacial score (nSPS) is 12.9. The minimum Gasteiger partial charge on any atom is -0.469 e. The first-order valence-electron chi connectivity index (χ1n) is 4.84. The van der Waals surface area contributed by atoms with Gasteiger partial charge in [0, 0.05) is 26.6 Å². The summed E-state index contributed by atoms with van der Waals surface area (Å²) in [6.07, 6.45) is 0.480. The molecule has 0 radical (unpaired) electrons. The summed E-state index contributed by atoms with van der Waals surface area (Å²) in [4.78, 5) is 13.1. The average Bonchev–Trinajstić information content (AvgIpc) is 2.14. The molecular weight excluding hydrogens is 182 g/mol. The Balaban J connectivity index is 3.59. The quantitative estimate of drug-likeness (QED) is 0.573. The zero-order valence-corrected chi connectivity index (χ0v) is 9.58. The maximum atomic E-state index is 11.0. The van der Waals surface area contributed by atoms with Crippen molar-refractivity contribution in [2.24, 2.45) is 5.92 Å². The summed E-state index contributed by atoms with van der Waals surface area (Å²) in [5.41, 5.74) is 0. The Hall–Kier alpha value is -0.610. The predicted molar refractivity (Wildman–Crippen MR) is 55.2 cm³/mol. The zero-order valence-electron chi connectivity index (χ0n) is 9.58. The molecule has 1 atom stereocenters. The summed E-state index contributed by atoms with van der Waals surface area (Å²) in [7, 11) is 5.13. The lowest BCUT2D eigenvalue weighted by Gasteiger charge is -2.19. The summed E-state index contributed by atoms with van der Waals surface area (Å²) < 4.78 is 9.56. The fraction of sp³-hybridized carbons (Fsp3) is 0.900. The second-order valence-electron chi connectivity index (χ2n) is 3.64. The third-order valence-corrected chi connectivity index (χ3v) is 2.04. The van der Waals surface area contributed by atoms with Crippen molar-refractivity contribution in [2.45, 2.75) is 13.3 Å². The molecule has 4 heteroatoms. The van der Waals surface area contributed by atoms with E-state index < -0.39 is 0 Å². The van der Waals surface area contributed by atoms with Gasteiger partial charge in [0.25, 0.3) is 0 Å². The maximum absolute atomic E-state index is 11.0. The predicted octanol–water partition coefficient (Wildman–Crippen LogP) is 0.764. The first kappa shape index (κ1) is 13.4. The van der Waals surface area contributed by atoms with E-state index in [1.807, 2.05) is 14.0 Å². The van der Waals surface area contributed by atoms with Crippen LogP contribution in [0, 0.1) is 5.92 Å². The lowest BCUT2D eigenvalue weighted by molar-refractivity contribution is -0.141. The number of hydrogen-bond acceptors (Lipinski definition) is 4. The smallest absolute Gasteiger partial charge is 0.305 e. The SMILES string of the molecule is COCCN(C)C[C@@H](C)CC(=O)OC. The van der Waals surface area contributed by atoms with Gasteiger partial charge in [0.15, 0.2) is 0 Å². The molecule has 0 heterocycles. The summed E-state index contributed by atoms with van der Waals surface area (Å²) in [6.45, 7) is 4.54. The van der Waals surface area contributed by atoms with Gasteiger partial charge in [-0.3, -0.25) is 4.79 Å². The Morgan fingerprint density at radius 1 is 1.43 bits per heavy atom. The van der Waals surface area contributed by atoms with Crippen molar-refractivity contribution in [2.75, 3.05) is 41.0 Å². The molecule has 0 saturated heterocycles. The van der Waals surface area contributed by atoms with E-state index in [0.717, 1.165) is 19.7 Å². The van der Waals surface area contributed by atoms with Gasteiger partial charge >= 0.3 is 5.97 Å². The van der Waals surface area contributed by atoms with E-state index in [4.69, 9.17) is 4.74 Å². The number of methoxy groups -OCH3 is 2. The minimum atomic E-state index is -0.141. The number of likely N-dealkylation sites (N-methyl/N-ethyl adjacent to an activating group) is 1. The molecular formula is C10H21NO3. The summed E-state index contributed by atoms with van der Waals surface area (Å²) in [6, 6.07) is 0. The van der Waals surface area contributed by atoms with Gasteiger partial charge in [0.2, 0.25) is 0 Å². The van der Waals surface area contributed by atoms with Crippen LogP contribution in [0.25, 0.3) is 0 Å². The highest BCUT2D eigenvalue weighted by Gasteiger charge is 2.11.